The number of aldehydes is 1. The van der Waals surface area contributed by atoms with Gasteiger partial charge in [0.2, 0.25) is 0 Å². The minimum absolute atomic E-state index is 0.288. The molecular weight excluding hydrogens is 236 g/mol. The molecule has 1 fully saturated rings. The summed E-state index contributed by atoms with van der Waals surface area (Å²) in [6.07, 6.45) is 1.73. The van der Waals surface area contributed by atoms with Gasteiger partial charge in [-0.05, 0) is 6.42 Å². The highest BCUT2D eigenvalue weighted by molar-refractivity contribution is 7.17. The summed E-state index contributed by atoms with van der Waals surface area (Å²) in [4.78, 5) is 17.3. The Morgan fingerprint density at radius 3 is 3.07 bits per heavy atom. The summed E-state index contributed by atoms with van der Waals surface area (Å²) < 4.78 is 5.30. The molecule has 0 radical (unpaired) electrons. The monoisotopic (exact) mass is 246 g/mol. The van der Waals surface area contributed by atoms with Crippen LogP contribution in [0.2, 0.25) is 5.15 Å². The quantitative estimate of drug-likeness (QED) is 0.764. The van der Waals surface area contributed by atoms with Crippen molar-refractivity contribution >= 4 is 34.4 Å². The Bertz CT molecular complexity index is 363. The zero-order valence-corrected chi connectivity index (χ0v) is 9.85. The predicted molar refractivity (Wildman–Crippen MR) is 60.1 cm³/mol. The smallest absolute Gasteiger partial charge is 0.187 e. The molecule has 0 aliphatic carbocycles. The van der Waals surface area contributed by atoms with E-state index in [0.717, 1.165) is 24.4 Å². The van der Waals surface area contributed by atoms with Crippen LogP contribution in [-0.2, 0) is 4.74 Å². The van der Waals surface area contributed by atoms with Crippen LogP contribution in [0.15, 0.2) is 0 Å². The lowest BCUT2D eigenvalue weighted by atomic mass is 10.2. The van der Waals surface area contributed by atoms with Gasteiger partial charge in [0.05, 0.1) is 12.6 Å². The lowest BCUT2D eigenvalue weighted by molar-refractivity contribution is 0.112. The third kappa shape index (κ3) is 2.14. The number of carbonyl (C=O) groups excluding carboxylic acids is 1. The Labute approximate surface area is 96.8 Å². The minimum Gasteiger partial charge on any atom is -0.379 e. The minimum atomic E-state index is 0.288. The van der Waals surface area contributed by atoms with Crippen molar-refractivity contribution in [3.8, 4) is 0 Å². The Kier molecular flexibility index (Phi) is 3.23. The fraction of sp³-hybridized carbons (Fsp3) is 0.556. The molecule has 6 heteroatoms. The number of aromatic nitrogens is 1. The van der Waals surface area contributed by atoms with Crippen LogP contribution < -0.4 is 4.90 Å². The molecule has 1 aliphatic heterocycles. The standard InChI is InChI=1S/C9H11ClN2O2S/c1-12(6-2-3-14-5-6)9-11-8(10)7(4-13)15-9/h4,6H,2-3,5H2,1H3. The average Bonchev–Trinajstić information content (AvgIpc) is 2.85. The van der Waals surface area contributed by atoms with Gasteiger partial charge in [-0.25, -0.2) is 4.98 Å². The zero-order valence-electron chi connectivity index (χ0n) is 8.27. The highest BCUT2D eigenvalue weighted by atomic mass is 35.5. The molecule has 1 aromatic rings. The molecule has 0 saturated carbocycles. The van der Waals surface area contributed by atoms with Gasteiger partial charge in [0, 0.05) is 13.7 Å². The van der Waals surface area contributed by atoms with E-state index >= 15 is 0 Å². The number of anilines is 1. The molecule has 2 heterocycles. The van der Waals surface area contributed by atoms with E-state index in [1.165, 1.54) is 11.3 Å². The Morgan fingerprint density at radius 2 is 2.53 bits per heavy atom. The maximum atomic E-state index is 10.6. The van der Waals surface area contributed by atoms with Crippen molar-refractivity contribution in [2.45, 2.75) is 12.5 Å². The van der Waals surface area contributed by atoms with Gasteiger partial charge in [-0.3, -0.25) is 4.79 Å². The van der Waals surface area contributed by atoms with Crippen LogP contribution in [0, 0.1) is 0 Å². The number of rotatable bonds is 3. The number of hydrogen-bond donors (Lipinski definition) is 0. The van der Waals surface area contributed by atoms with E-state index in [9.17, 15) is 4.79 Å². The fourth-order valence-electron chi connectivity index (χ4n) is 1.51. The second kappa shape index (κ2) is 4.47. The first kappa shape index (κ1) is 10.9. The molecule has 2 rings (SSSR count). The van der Waals surface area contributed by atoms with Crippen LogP contribution in [0.1, 0.15) is 16.1 Å². The zero-order chi connectivity index (χ0) is 10.8. The summed E-state index contributed by atoms with van der Waals surface area (Å²) >= 11 is 7.12. The number of carbonyl (C=O) groups is 1. The highest BCUT2D eigenvalue weighted by Gasteiger charge is 2.23. The van der Waals surface area contributed by atoms with E-state index in [1.807, 2.05) is 11.9 Å². The van der Waals surface area contributed by atoms with Crippen molar-refractivity contribution in [1.82, 2.24) is 4.98 Å². The third-order valence-corrected chi connectivity index (χ3v) is 3.93. The summed E-state index contributed by atoms with van der Waals surface area (Å²) in [7, 11) is 1.95. The fourth-order valence-corrected chi connectivity index (χ4v) is 2.60. The van der Waals surface area contributed by atoms with Crippen molar-refractivity contribution in [2.75, 3.05) is 25.2 Å². The normalized spacial score (nSPS) is 20.5. The first-order chi connectivity index (χ1) is 7.22. The van der Waals surface area contributed by atoms with Crippen LogP contribution in [0.5, 0.6) is 0 Å². The average molecular weight is 247 g/mol. The molecule has 4 nitrogen and oxygen atoms in total. The summed E-state index contributed by atoms with van der Waals surface area (Å²) in [5.41, 5.74) is 0. The van der Waals surface area contributed by atoms with Crippen LogP contribution in [-0.4, -0.2) is 37.6 Å². The molecule has 1 aliphatic rings. The summed E-state index contributed by atoms with van der Waals surface area (Å²) in [6, 6.07) is 0.340. The van der Waals surface area contributed by atoms with E-state index in [0.29, 0.717) is 17.5 Å². The number of likely N-dealkylation sites (N-methyl/N-ethyl adjacent to an activating group) is 1. The first-order valence-corrected chi connectivity index (χ1v) is 5.84. The molecule has 15 heavy (non-hydrogen) atoms. The second-order valence-electron chi connectivity index (χ2n) is 3.40. The third-order valence-electron chi connectivity index (χ3n) is 2.46. The number of hydrogen-bond acceptors (Lipinski definition) is 5. The van der Waals surface area contributed by atoms with Gasteiger partial charge >= 0.3 is 0 Å². The van der Waals surface area contributed by atoms with E-state index in [1.54, 1.807) is 0 Å². The molecule has 1 saturated heterocycles. The molecule has 0 bridgehead atoms. The van der Waals surface area contributed by atoms with Crippen LogP contribution in [0.3, 0.4) is 0 Å². The Hall–Kier alpha value is -0.650. The Morgan fingerprint density at radius 1 is 1.73 bits per heavy atom. The van der Waals surface area contributed by atoms with Crippen molar-refractivity contribution in [3.05, 3.63) is 10.0 Å². The molecule has 1 unspecified atom stereocenters. The van der Waals surface area contributed by atoms with Crippen LogP contribution >= 0.6 is 22.9 Å². The predicted octanol–water partition coefficient (Wildman–Crippen LogP) is 1.83. The second-order valence-corrected chi connectivity index (χ2v) is 4.76. The first-order valence-electron chi connectivity index (χ1n) is 4.64. The largest absolute Gasteiger partial charge is 0.379 e. The maximum Gasteiger partial charge on any atom is 0.187 e. The van der Waals surface area contributed by atoms with Crippen molar-refractivity contribution in [3.63, 3.8) is 0 Å². The van der Waals surface area contributed by atoms with Gasteiger partial charge in [-0.2, -0.15) is 0 Å². The number of halogens is 1. The lowest BCUT2D eigenvalue weighted by Gasteiger charge is -2.21. The summed E-state index contributed by atoms with van der Waals surface area (Å²) in [6.45, 7) is 1.50. The number of nitrogens with zero attached hydrogens (tertiary/aromatic N) is 2. The van der Waals surface area contributed by atoms with Crippen LogP contribution in [0.25, 0.3) is 0 Å². The lowest BCUT2D eigenvalue weighted by Crippen LogP contribution is -2.31. The number of ether oxygens (including phenoxy) is 1. The van der Waals surface area contributed by atoms with Gasteiger partial charge in [-0.15, -0.1) is 0 Å². The summed E-state index contributed by atoms with van der Waals surface area (Å²) in [5, 5.41) is 1.06. The molecular formula is C9H11ClN2O2S. The van der Waals surface area contributed by atoms with Crippen LogP contribution in [0.4, 0.5) is 5.13 Å². The summed E-state index contributed by atoms with van der Waals surface area (Å²) in [5.74, 6) is 0. The SMILES string of the molecule is CN(c1nc(Cl)c(C=O)s1)C1CCOC1. The van der Waals surface area contributed by atoms with Gasteiger partial charge < -0.3 is 9.64 Å². The van der Waals surface area contributed by atoms with Crippen molar-refractivity contribution in [1.29, 1.82) is 0 Å². The van der Waals surface area contributed by atoms with E-state index in [4.69, 9.17) is 16.3 Å². The van der Waals surface area contributed by atoms with Gasteiger partial charge in [0.25, 0.3) is 0 Å². The highest BCUT2D eigenvalue weighted by Crippen LogP contribution is 2.29. The van der Waals surface area contributed by atoms with Gasteiger partial charge in [-0.1, -0.05) is 22.9 Å². The van der Waals surface area contributed by atoms with E-state index in [2.05, 4.69) is 4.98 Å². The molecule has 0 N–H and O–H groups in total. The Balaban J connectivity index is 2.17. The molecule has 0 spiro atoms. The van der Waals surface area contributed by atoms with Gasteiger partial charge in [0.15, 0.2) is 16.6 Å². The molecule has 1 atom stereocenters. The molecule has 0 amide bonds. The van der Waals surface area contributed by atoms with E-state index in [-0.39, 0.29) is 5.15 Å². The molecule has 1 aromatic heterocycles. The molecule has 82 valence electrons. The van der Waals surface area contributed by atoms with Gasteiger partial charge in [0.1, 0.15) is 4.88 Å². The van der Waals surface area contributed by atoms with E-state index < -0.39 is 0 Å². The van der Waals surface area contributed by atoms with Crippen molar-refractivity contribution < 1.29 is 9.53 Å². The topological polar surface area (TPSA) is 42.4 Å². The maximum absolute atomic E-state index is 10.6. The van der Waals surface area contributed by atoms with Crippen molar-refractivity contribution in [2.24, 2.45) is 0 Å². The number of thiazole rings is 1. The molecule has 0 aromatic carbocycles.